The minimum atomic E-state index is -0.188. The fourth-order valence-electron chi connectivity index (χ4n) is 1.50. The molecule has 84 valence electrons. The molecule has 16 heavy (non-hydrogen) atoms. The normalized spacial score (nSPS) is 12.7. The highest BCUT2D eigenvalue weighted by Crippen LogP contribution is 2.28. The van der Waals surface area contributed by atoms with Gasteiger partial charge in [0.25, 0.3) is 0 Å². The molecule has 1 nitrogen and oxygen atoms in total. The van der Waals surface area contributed by atoms with Crippen molar-refractivity contribution in [2.45, 2.75) is 18.2 Å². The molecule has 4 heteroatoms. The van der Waals surface area contributed by atoms with Crippen LogP contribution in [0.15, 0.2) is 29.6 Å². The van der Waals surface area contributed by atoms with Crippen molar-refractivity contribution in [1.29, 1.82) is 0 Å². The van der Waals surface area contributed by atoms with Gasteiger partial charge in [0.1, 0.15) is 5.82 Å². The number of halogens is 2. The second-order valence-corrected chi connectivity index (χ2v) is 5.76. The molecule has 0 aliphatic heterocycles. The Balaban J connectivity index is 2.10. The van der Waals surface area contributed by atoms with E-state index >= 15 is 0 Å². The highest BCUT2D eigenvalue weighted by atomic mass is 79.9. The summed E-state index contributed by atoms with van der Waals surface area (Å²) in [5, 5.41) is 3.09. The van der Waals surface area contributed by atoms with Crippen LogP contribution in [0.3, 0.4) is 0 Å². The summed E-state index contributed by atoms with van der Waals surface area (Å²) in [6, 6.07) is 6.68. The number of hydrogen-bond donors (Lipinski definition) is 0. The average molecular weight is 300 g/mol. The lowest BCUT2D eigenvalue weighted by Crippen LogP contribution is -1.96. The molecule has 1 atom stereocenters. The second kappa shape index (κ2) is 5.06. The first-order valence-corrected chi connectivity index (χ1v) is 6.75. The standard InChI is InChI=1S/C12H11BrFNS/c1-8-15-12(7-16-8)11(13)6-9-3-2-4-10(14)5-9/h2-5,7,11H,6H2,1H3. The average Bonchev–Trinajstić information content (AvgIpc) is 2.65. The first-order chi connectivity index (χ1) is 7.65. The third-order valence-electron chi connectivity index (χ3n) is 2.26. The van der Waals surface area contributed by atoms with Crippen molar-refractivity contribution in [2.24, 2.45) is 0 Å². The lowest BCUT2D eigenvalue weighted by molar-refractivity contribution is 0.625. The summed E-state index contributed by atoms with van der Waals surface area (Å²) in [6.07, 6.45) is 0.751. The number of rotatable bonds is 3. The first kappa shape index (κ1) is 11.7. The Hall–Kier alpha value is -0.740. The number of benzene rings is 1. The summed E-state index contributed by atoms with van der Waals surface area (Å²) in [4.78, 5) is 4.56. The van der Waals surface area contributed by atoms with Gasteiger partial charge in [0.15, 0.2) is 0 Å². The van der Waals surface area contributed by atoms with Gasteiger partial charge in [-0.15, -0.1) is 11.3 Å². The SMILES string of the molecule is Cc1nc(C(Br)Cc2cccc(F)c2)cs1. The van der Waals surface area contributed by atoms with Crippen molar-refractivity contribution < 1.29 is 4.39 Å². The highest BCUT2D eigenvalue weighted by Gasteiger charge is 2.11. The van der Waals surface area contributed by atoms with Crippen LogP contribution in [0, 0.1) is 12.7 Å². The number of hydrogen-bond acceptors (Lipinski definition) is 2. The van der Waals surface area contributed by atoms with Gasteiger partial charge in [-0.2, -0.15) is 0 Å². The van der Waals surface area contributed by atoms with Gasteiger partial charge in [-0.25, -0.2) is 9.37 Å². The van der Waals surface area contributed by atoms with Gasteiger partial charge in [-0.1, -0.05) is 28.1 Å². The van der Waals surface area contributed by atoms with Crippen LogP contribution in [0.1, 0.15) is 21.1 Å². The van der Waals surface area contributed by atoms with Crippen LogP contribution in [0.4, 0.5) is 4.39 Å². The molecule has 1 unspecified atom stereocenters. The van der Waals surface area contributed by atoms with Crippen LogP contribution < -0.4 is 0 Å². The van der Waals surface area contributed by atoms with E-state index in [9.17, 15) is 4.39 Å². The molecule has 0 aliphatic carbocycles. The highest BCUT2D eigenvalue weighted by molar-refractivity contribution is 9.09. The van der Waals surface area contributed by atoms with Crippen LogP contribution in [-0.4, -0.2) is 4.98 Å². The van der Waals surface area contributed by atoms with E-state index in [1.54, 1.807) is 23.5 Å². The first-order valence-electron chi connectivity index (χ1n) is 4.95. The Morgan fingerprint density at radius 3 is 2.94 bits per heavy atom. The van der Waals surface area contributed by atoms with E-state index in [-0.39, 0.29) is 10.6 Å². The number of nitrogens with zero attached hydrogens (tertiary/aromatic N) is 1. The molecule has 2 rings (SSSR count). The molecule has 0 saturated carbocycles. The Morgan fingerprint density at radius 1 is 1.50 bits per heavy atom. The van der Waals surface area contributed by atoms with Crippen LogP contribution >= 0.6 is 27.3 Å². The summed E-state index contributed by atoms with van der Waals surface area (Å²) in [7, 11) is 0. The van der Waals surface area contributed by atoms with Crippen LogP contribution in [0.2, 0.25) is 0 Å². The van der Waals surface area contributed by atoms with Gasteiger partial charge in [-0.3, -0.25) is 0 Å². The van der Waals surface area contributed by atoms with E-state index in [1.807, 2.05) is 18.4 Å². The molecule has 0 aliphatic rings. The van der Waals surface area contributed by atoms with Gasteiger partial charge < -0.3 is 0 Å². The third-order valence-corrected chi connectivity index (χ3v) is 3.85. The molecular weight excluding hydrogens is 289 g/mol. The lowest BCUT2D eigenvalue weighted by Gasteiger charge is -2.06. The Bertz CT molecular complexity index is 483. The zero-order valence-corrected chi connectivity index (χ0v) is 11.2. The fourth-order valence-corrected chi connectivity index (χ4v) is 2.95. The zero-order valence-electron chi connectivity index (χ0n) is 8.78. The van der Waals surface area contributed by atoms with Gasteiger partial charge in [0.05, 0.1) is 15.5 Å². The summed E-state index contributed by atoms with van der Waals surface area (Å²) < 4.78 is 13.0. The monoisotopic (exact) mass is 299 g/mol. The van der Waals surface area contributed by atoms with Crippen molar-refractivity contribution in [3.05, 3.63) is 51.7 Å². The molecule has 0 amide bonds. The number of aryl methyl sites for hydroxylation is 1. The maximum absolute atomic E-state index is 13.0. The van der Waals surface area contributed by atoms with Crippen LogP contribution in [0.5, 0.6) is 0 Å². The maximum atomic E-state index is 13.0. The molecule has 0 N–H and O–H groups in total. The third kappa shape index (κ3) is 2.89. The number of aromatic nitrogens is 1. The molecule has 0 bridgehead atoms. The molecular formula is C12H11BrFNS. The molecule has 0 saturated heterocycles. The van der Waals surface area contributed by atoms with E-state index < -0.39 is 0 Å². The van der Waals surface area contributed by atoms with E-state index in [0.29, 0.717) is 0 Å². The summed E-state index contributed by atoms with van der Waals surface area (Å²) in [5.74, 6) is -0.188. The molecule has 1 aromatic heterocycles. The largest absolute Gasteiger partial charge is 0.245 e. The van der Waals surface area contributed by atoms with Gasteiger partial charge in [-0.05, 0) is 31.0 Å². The second-order valence-electron chi connectivity index (χ2n) is 3.59. The van der Waals surface area contributed by atoms with E-state index in [2.05, 4.69) is 20.9 Å². The number of thiazole rings is 1. The number of alkyl halides is 1. The van der Waals surface area contributed by atoms with Crippen molar-refractivity contribution in [3.63, 3.8) is 0 Å². The Labute approximate surface area is 106 Å². The van der Waals surface area contributed by atoms with Gasteiger partial charge >= 0.3 is 0 Å². The predicted octanol–water partition coefficient (Wildman–Crippen LogP) is 4.27. The summed E-state index contributed by atoms with van der Waals surface area (Å²) in [6.45, 7) is 1.98. The Kier molecular flexibility index (Phi) is 3.71. The minimum Gasteiger partial charge on any atom is -0.245 e. The zero-order chi connectivity index (χ0) is 11.5. The Morgan fingerprint density at radius 2 is 2.31 bits per heavy atom. The molecule has 1 heterocycles. The van der Waals surface area contributed by atoms with E-state index in [1.165, 1.54) is 6.07 Å². The summed E-state index contributed by atoms with van der Waals surface area (Å²) in [5.41, 5.74) is 2.00. The van der Waals surface area contributed by atoms with E-state index in [4.69, 9.17) is 0 Å². The van der Waals surface area contributed by atoms with Gasteiger partial charge in [0, 0.05) is 5.38 Å². The van der Waals surface area contributed by atoms with Gasteiger partial charge in [0.2, 0.25) is 0 Å². The molecule has 2 aromatic rings. The van der Waals surface area contributed by atoms with Crippen molar-refractivity contribution in [3.8, 4) is 0 Å². The van der Waals surface area contributed by atoms with Crippen LogP contribution in [-0.2, 0) is 6.42 Å². The minimum absolute atomic E-state index is 0.152. The fraction of sp³-hybridized carbons (Fsp3) is 0.250. The van der Waals surface area contributed by atoms with Crippen molar-refractivity contribution in [2.75, 3.05) is 0 Å². The van der Waals surface area contributed by atoms with Crippen molar-refractivity contribution in [1.82, 2.24) is 4.98 Å². The molecule has 0 fully saturated rings. The lowest BCUT2D eigenvalue weighted by atomic mass is 10.1. The van der Waals surface area contributed by atoms with Crippen LogP contribution in [0.25, 0.3) is 0 Å². The quantitative estimate of drug-likeness (QED) is 0.771. The van der Waals surface area contributed by atoms with Crippen molar-refractivity contribution >= 4 is 27.3 Å². The summed E-state index contributed by atoms with van der Waals surface area (Å²) >= 11 is 5.21. The molecule has 0 spiro atoms. The molecule has 0 radical (unpaired) electrons. The molecule has 1 aromatic carbocycles. The predicted molar refractivity (Wildman–Crippen MR) is 68.6 cm³/mol. The smallest absolute Gasteiger partial charge is 0.123 e. The van der Waals surface area contributed by atoms with E-state index in [0.717, 1.165) is 22.7 Å². The maximum Gasteiger partial charge on any atom is 0.123 e. The topological polar surface area (TPSA) is 12.9 Å².